The smallest absolute Gasteiger partial charge is 0.0507 e. The van der Waals surface area contributed by atoms with E-state index in [9.17, 15) is 0 Å². The average molecular weight is 160 g/mol. The van der Waals surface area contributed by atoms with E-state index in [-0.39, 0.29) is 0 Å². The fourth-order valence-electron chi connectivity index (χ4n) is 1.20. The van der Waals surface area contributed by atoms with Crippen LogP contribution in [-0.2, 0) is 0 Å². The van der Waals surface area contributed by atoms with E-state index in [0.717, 1.165) is 5.25 Å². The molecule has 1 saturated heterocycles. The molecule has 1 rings (SSSR count). The Morgan fingerprint density at radius 3 is 2.70 bits per heavy atom. The number of hydrogen-bond donors (Lipinski definition) is 1. The lowest BCUT2D eigenvalue weighted by molar-refractivity contribution is 0.406. The topological polar surface area (TPSA) is 15.3 Å². The summed E-state index contributed by atoms with van der Waals surface area (Å²) in [5, 5.41) is 4.86. The Bertz CT molecular complexity index is 106. The number of thioether (sulfide) groups is 1. The van der Waals surface area contributed by atoms with E-state index in [2.05, 4.69) is 31.2 Å². The summed E-state index contributed by atoms with van der Waals surface area (Å²) in [6.07, 6.45) is 0. The van der Waals surface area contributed by atoms with Crippen LogP contribution in [0.5, 0.6) is 0 Å². The Labute approximate surface area is 67.4 Å². The molecule has 1 heterocycles. The van der Waals surface area contributed by atoms with Crippen LogP contribution in [0, 0.1) is 0 Å². The summed E-state index contributed by atoms with van der Waals surface area (Å²) >= 11 is 2.04. The highest BCUT2D eigenvalue weighted by Gasteiger charge is 2.20. The first-order chi connectivity index (χ1) is 4.68. The predicted molar refractivity (Wildman–Crippen MR) is 47.4 cm³/mol. The van der Waals surface area contributed by atoms with Gasteiger partial charge in [-0.05, 0) is 21.0 Å². The maximum Gasteiger partial charge on any atom is 0.0507 e. The van der Waals surface area contributed by atoms with Gasteiger partial charge in [-0.1, -0.05) is 0 Å². The fraction of sp³-hybridized carbons (Fsp3) is 1.00. The van der Waals surface area contributed by atoms with Gasteiger partial charge in [0, 0.05) is 18.3 Å². The molecule has 0 radical (unpaired) electrons. The normalized spacial score (nSPS) is 33.6. The summed E-state index contributed by atoms with van der Waals surface area (Å²) in [5.41, 5.74) is 0. The van der Waals surface area contributed by atoms with Crippen LogP contribution in [0.25, 0.3) is 0 Å². The first-order valence-corrected chi connectivity index (χ1v) is 4.66. The third kappa shape index (κ3) is 2.48. The first-order valence-electron chi connectivity index (χ1n) is 3.72. The molecule has 0 aromatic carbocycles. The summed E-state index contributed by atoms with van der Waals surface area (Å²) in [7, 11) is 4.26. The zero-order valence-corrected chi connectivity index (χ0v) is 7.74. The fourth-order valence-corrected chi connectivity index (χ4v) is 2.54. The molecule has 10 heavy (non-hydrogen) atoms. The van der Waals surface area contributed by atoms with E-state index in [1.165, 1.54) is 13.1 Å². The van der Waals surface area contributed by atoms with E-state index < -0.39 is 0 Å². The van der Waals surface area contributed by atoms with E-state index >= 15 is 0 Å². The molecule has 1 aliphatic heterocycles. The molecule has 0 unspecified atom stereocenters. The van der Waals surface area contributed by atoms with Crippen LogP contribution < -0.4 is 5.32 Å². The number of hydrogen-bond acceptors (Lipinski definition) is 3. The molecular weight excluding hydrogens is 144 g/mol. The van der Waals surface area contributed by atoms with Crippen LogP contribution in [0.1, 0.15) is 6.92 Å². The molecule has 60 valence electrons. The van der Waals surface area contributed by atoms with Crippen LogP contribution >= 0.6 is 11.8 Å². The standard InChI is InChI=1S/C7H16N2S/c1-6-8-4-7(10-6)5-9(2)3/h6-8H,4-5H2,1-3H3/t6-,7+/m0/s1. The first kappa shape index (κ1) is 8.37. The number of nitrogens with one attached hydrogen (secondary N) is 1. The van der Waals surface area contributed by atoms with Crippen molar-refractivity contribution in [3.63, 3.8) is 0 Å². The van der Waals surface area contributed by atoms with Crippen LogP contribution in [-0.4, -0.2) is 42.7 Å². The maximum absolute atomic E-state index is 3.41. The molecule has 0 saturated carbocycles. The van der Waals surface area contributed by atoms with Crippen molar-refractivity contribution < 1.29 is 0 Å². The molecule has 0 spiro atoms. The minimum atomic E-state index is 0.657. The molecule has 1 fully saturated rings. The lowest BCUT2D eigenvalue weighted by Crippen LogP contribution is -2.26. The Morgan fingerprint density at radius 1 is 1.60 bits per heavy atom. The molecule has 3 heteroatoms. The Morgan fingerprint density at radius 2 is 2.30 bits per heavy atom. The quantitative estimate of drug-likeness (QED) is 0.637. The van der Waals surface area contributed by atoms with Gasteiger partial charge in [0.25, 0.3) is 0 Å². The van der Waals surface area contributed by atoms with Gasteiger partial charge in [0.2, 0.25) is 0 Å². The molecule has 0 aromatic rings. The van der Waals surface area contributed by atoms with E-state index in [0.29, 0.717) is 5.37 Å². The largest absolute Gasteiger partial charge is 0.308 e. The minimum absolute atomic E-state index is 0.657. The highest BCUT2D eigenvalue weighted by Crippen LogP contribution is 2.21. The van der Waals surface area contributed by atoms with Crippen molar-refractivity contribution in [2.24, 2.45) is 0 Å². The summed E-state index contributed by atoms with van der Waals surface area (Å²) in [6, 6.07) is 0. The highest BCUT2D eigenvalue weighted by molar-refractivity contribution is 8.00. The summed E-state index contributed by atoms with van der Waals surface area (Å²) in [5.74, 6) is 0. The van der Waals surface area contributed by atoms with Crippen molar-refractivity contribution in [2.45, 2.75) is 17.5 Å². The Kier molecular flexibility index (Phi) is 3.01. The van der Waals surface area contributed by atoms with Gasteiger partial charge in [0.15, 0.2) is 0 Å². The predicted octanol–water partition coefficient (Wildman–Crippen LogP) is 0.599. The molecule has 2 nitrogen and oxygen atoms in total. The van der Waals surface area contributed by atoms with Gasteiger partial charge in [-0.2, -0.15) is 0 Å². The lowest BCUT2D eigenvalue weighted by atomic mass is 10.4. The average Bonchev–Trinajstić information content (AvgIpc) is 2.13. The van der Waals surface area contributed by atoms with Crippen LogP contribution in [0.15, 0.2) is 0 Å². The lowest BCUT2D eigenvalue weighted by Gasteiger charge is -2.13. The molecule has 1 N–H and O–H groups in total. The zero-order chi connectivity index (χ0) is 7.56. The van der Waals surface area contributed by atoms with Gasteiger partial charge < -0.3 is 10.2 Å². The number of nitrogens with zero attached hydrogens (tertiary/aromatic N) is 1. The minimum Gasteiger partial charge on any atom is -0.308 e. The van der Waals surface area contributed by atoms with Crippen molar-refractivity contribution in [2.75, 3.05) is 27.2 Å². The monoisotopic (exact) mass is 160 g/mol. The molecule has 0 amide bonds. The van der Waals surface area contributed by atoms with E-state index in [4.69, 9.17) is 0 Å². The van der Waals surface area contributed by atoms with Crippen molar-refractivity contribution in [1.82, 2.24) is 10.2 Å². The Balaban J connectivity index is 2.18. The molecule has 0 aliphatic carbocycles. The molecule has 0 aromatic heterocycles. The maximum atomic E-state index is 3.41. The van der Waals surface area contributed by atoms with Crippen LogP contribution in [0.3, 0.4) is 0 Å². The summed E-state index contributed by atoms with van der Waals surface area (Å²) in [6.45, 7) is 4.59. The van der Waals surface area contributed by atoms with Crippen LogP contribution in [0.2, 0.25) is 0 Å². The van der Waals surface area contributed by atoms with Crippen molar-refractivity contribution in [3.8, 4) is 0 Å². The highest BCUT2D eigenvalue weighted by atomic mass is 32.2. The third-order valence-corrected chi connectivity index (χ3v) is 2.87. The second-order valence-electron chi connectivity index (χ2n) is 3.07. The van der Waals surface area contributed by atoms with Crippen molar-refractivity contribution >= 4 is 11.8 Å². The molecular formula is C7H16N2S. The van der Waals surface area contributed by atoms with Crippen molar-refractivity contribution in [3.05, 3.63) is 0 Å². The van der Waals surface area contributed by atoms with E-state index in [1.54, 1.807) is 0 Å². The van der Waals surface area contributed by atoms with Crippen molar-refractivity contribution in [1.29, 1.82) is 0 Å². The Hall–Kier alpha value is 0.270. The van der Waals surface area contributed by atoms with Crippen LogP contribution in [0.4, 0.5) is 0 Å². The summed E-state index contributed by atoms with van der Waals surface area (Å²) < 4.78 is 0. The van der Waals surface area contributed by atoms with Gasteiger partial charge in [-0.3, -0.25) is 0 Å². The van der Waals surface area contributed by atoms with Gasteiger partial charge in [0.05, 0.1) is 5.37 Å². The summed E-state index contributed by atoms with van der Waals surface area (Å²) in [4.78, 5) is 2.25. The van der Waals surface area contributed by atoms with Gasteiger partial charge in [-0.15, -0.1) is 11.8 Å². The second kappa shape index (κ2) is 3.60. The molecule has 2 atom stereocenters. The van der Waals surface area contributed by atoms with E-state index in [1.807, 2.05) is 11.8 Å². The zero-order valence-electron chi connectivity index (χ0n) is 6.92. The second-order valence-corrected chi connectivity index (χ2v) is 4.72. The third-order valence-electron chi connectivity index (χ3n) is 1.60. The van der Waals surface area contributed by atoms with Gasteiger partial charge in [0.1, 0.15) is 0 Å². The van der Waals surface area contributed by atoms with Gasteiger partial charge in [-0.25, -0.2) is 0 Å². The van der Waals surface area contributed by atoms with Gasteiger partial charge >= 0.3 is 0 Å². The molecule has 0 bridgehead atoms. The SMILES string of the molecule is C[C@H]1NC[C@H](CN(C)C)S1. The number of rotatable bonds is 2. The molecule has 1 aliphatic rings.